The van der Waals surface area contributed by atoms with Gasteiger partial charge in [-0.1, -0.05) is 0 Å². The Bertz CT molecular complexity index is 125. The molecular formula is C7H14N2O. The van der Waals surface area contributed by atoms with Crippen LogP contribution in [0.15, 0.2) is 4.99 Å². The van der Waals surface area contributed by atoms with E-state index in [0.29, 0.717) is 0 Å². The Balaban J connectivity index is 2.32. The number of hydrogen-bond donors (Lipinski definition) is 2. The van der Waals surface area contributed by atoms with Crippen LogP contribution in [-0.4, -0.2) is 23.6 Å². The van der Waals surface area contributed by atoms with E-state index in [4.69, 9.17) is 5.73 Å². The van der Waals surface area contributed by atoms with Crippen molar-refractivity contribution in [3.63, 3.8) is 0 Å². The number of rotatable bonds is 1. The summed E-state index contributed by atoms with van der Waals surface area (Å²) in [5.74, 6) is 0. The van der Waals surface area contributed by atoms with Gasteiger partial charge in [-0.3, -0.25) is 4.99 Å². The summed E-state index contributed by atoms with van der Waals surface area (Å²) < 4.78 is 0. The summed E-state index contributed by atoms with van der Waals surface area (Å²) in [5, 5.41) is 9.19. The molecule has 1 saturated carbocycles. The van der Waals surface area contributed by atoms with Crippen LogP contribution in [-0.2, 0) is 0 Å². The maximum absolute atomic E-state index is 9.19. The summed E-state index contributed by atoms with van der Waals surface area (Å²) in [6.45, 7) is 0. The third-order valence-electron chi connectivity index (χ3n) is 1.92. The topological polar surface area (TPSA) is 58.6 Å². The lowest BCUT2D eigenvalue weighted by Gasteiger charge is -2.21. The highest BCUT2D eigenvalue weighted by Gasteiger charge is 2.18. The van der Waals surface area contributed by atoms with E-state index in [1.54, 1.807) is 0 Å². The summed E-state index contributed by atoms with van der Waals surface area (Å²) in [4.78, 5) is 4.03. The van der Waals surface area contributed by atoms with Crippen molar-refractivity contribution < 1.29 is 5.11 Å². The lowest BCUT2D eigenvalue weighted by Crippen LogP contribution is -2.22. The second-order valence-electron chi connectivity index (χ2n) is 2.77. The van der Waals surface area contributed by atoms with Gasteiger partial charge < -0.3 is 10.8 Å². The van der Waals surface area contributed by atoms with Crippen molar-refractivity contribution in [3.05, 3.63) is 0 Å². The Labute approximate surface area is 61.0 Å². The molecule has 0 saturated heterocycles. The zero-order chi connectivity index (χ0) is 7.40. The molecule has 0 aromatic rings. The van der Waals surface area contributed by atoms with Crippen molar-refractivity contribution in [1.82, 2.24) is 0 Å². The molecule has 3 N–H and O–H groups in total. The van der Waals surface area contributed by atoms with E-state index in [2.05, 4.69) is 4.99 Å². The second kappa shape index (κ2) is 3.56. The number of aliphatic hydroxyl groups excluding tert-OH is 1. The minimum Gasteiger partial charge on any atom is -0.393 e. The van der Waals surface area contributed by atoms with Gasteiger partial charge in [-0.25, -0.2) is 0 Å². The zero-order valence-corrected chi connectivity index (χ0v) is 6.03. The summed E-state index contributed by atoms with van der Waals surface area (Å²) in [6.07, 6.45) is 5.04. The Morgan fingerprint density at radius 1 is 1.50 bits per heavy atom. The number of aliphatic imine (C=N–C) groups is 1. The van der Waals surface area contributed by atoms with Crippen LogP contribution in [0.1, 0.15) is 25.7 Å². The minimum atomic E-state index is -0.151. The van der Waals surface area contributed by atoms with Gasteiger partial charge in [0.05, 0.1) is 18.5 Å². The first-order chi connectivity index (χ1) is 4.83. The van der Waals surface area contributed by atoms with Crippen LogP contribution in [0.4, 0.5) is 0 Å². The van der Waals surface area contributed by atoms with Crippen LogP contribution in [0.25, 0.3) is 0 Å². The lowest BCUT2D eigenvalue weighted by molar-refractivity contribution is 0.121. The fourth-order valence-electron chi connectivity index (χ4n) is 1.40. The molecule has 0 aromatic heterocycles. The van der Waals surface area contributed by atoms with Gasteiger partial charge in [0.15, 0.2) is 0 Å². The van der Waals surface area contributed by atoms with Crippen LogP contribution in [0, 0.1) is 0 Å². The fourth-order valence-corrected chi connectivity index (χ4v) is 1.40. The SMILES string of the molecule is NC=NC1CCCC(O)C1. The number of hydrogen-bond acceptors (Lipinski definition) is 2. The van der Waals surface area contributed by atoms with Gasteiger partial charge >= 0.3 is 0 Å². The number of nitrogens with zero attached hydrogens (tertiary/aromatic N) is 1. The van der Waals surface area contributed by atoms with E-state index in [1.165, 1.54) is 6.34 Å². The van der Waals surface area contributed by atoms with E-state index >= 15 is 0 Å². The first kappa shape index (κ1) is 7.54. The molecular weight excluding hydrogens is 128 g/mol. The molecule has 0 heterocycles. The summed E-state index contributed by atoms with van der Waals surface area (Å²) in [6, 6.07) is 0.272. The molecule has 58 valence electrons. The van der Waals surface area contributed by atoms with Crippen molar-refractivity contribution in [2.75, 3.05) is 0 Å². The predicted octanol–water partition coefficient (Wildman–Crippen LogP) is 0.277. The molecule has 0 spiro atoms. The molecule has 1 aliphatic carbocycles. The Kier molecular flexibility index (Phi) is 2.68. The molecule has 0 amide bonds. The molecule has 0 bridgehead atoms. The van der Waals surface area contributed by atoms with Gasteiger partial charge in [-0.15, -0.1) is 0 Å². The van der Waals surface area contributed by atoms with Gasteiger partial charge in [-0.05, 0) is 25.7 Å². The van der Waals surface area contributed by atoms with E-state index < -0.39 is 0 Å². The second-order valence-corrected chi connectivity index (χ2v) is 2.77. The molecule has 0 aliphatic heterocycles. The van der Waals surface area contributed by atoms with Gasteiger partial charge in [0.25, 0.3) is 0 Å². The zero-order valence-electron chi connectivity index (χ0n) is 6.03. The molecule has 1 fully saturated rings. The average molecular weight is 142 g/mol. The normalized spacial score (nSPS) is 34.9. The highest BCUT2D eigenvalue weighted by atomic mass is 16.3. The molecule has 2 atom stereocenters. The molecule has 3 heteroatoms. The third kappa shape index (κ3) is 1.99. The first-order valence-electron chi connectivity index (χ1n) is 3.74. The summed E-state index contributed by atoms with van der Waals surface area (Å²) >= 11 is 0. The van der Waals surface area contributed by atoms with Crippen LogP contribution in [0.2, 0.25) is 0 Å². The van der Waals surface area contributed by atoms with Gasteiger partial charge in [0, 0.05) is 0 Å². The van der Waals surface area contributed by atoms with Crippen molar-refractivity contribution in [2.45, 2.75) is 37.8 Å². The maximum Gasteiger partial charge on any atom is 0.0801 e. The van der Waals surface area contributed by atoms with Crippen molar-refractivity contribution in [2.24, 2.45) is 10.7 Å². The lowest BCUT2D eigenvalue weighted by atomic mass is 9.94. The number of aliphatic hydroxyl groups is 1. The van der Waals surface area contributed by atoms with Crippen LogP contribution < -0.4 is 5.73 Å². The largest absolute Gasteiger partial charge is 0.393 e. The van der Waals surface area contributed by atoms with Gasteiger partial charge in [-0.2, -0.15) is 0 Å². The van der Waals surface area contributed by atoms with E-state index in [1.807, 2.05) is 0 Å². The molecule has 1 aliphatic rings. The summed E-state index contributed by atoms with van der Waals surface area (Å²) in [5.41, 5.74) is 5.13. The van der Waals surface area contributed by atoms with Crippen molar-refractivity contribution >= 4 is 6.34 Å². The molecule has 3 nitrogen and oxygen atoms in total. The van der Waals surface area contributed by atoms with E-state index in [9.17, 15) is 5.11 Å². The Morgan fingerprint density at radius 2 is 2.30 bits per heavy atom. The van der Waals surface area contributed by atoms with E-state index in [-0.39, 0.29) is 12.1 Å². The van der Waals surface area contributed by atoms with Gasteiger partial charge in [0.1, 0.15) is 0 Å². The Morgan fingerprint density at radius 3 is 2.90 bits per heavy atom. The van der Waals surface area contributed by atoms with Crippen molar-refractivity contribution in [1.29, 1.82) is 0 Å². The van der Waals surface area contributed by atoms with Gasteiger partial charge in [0.2, 0.25) is 0 Å². The predicted molar refractivity (Wildman–Crippen MR) is 40.9 cm³/mol. The smallest absolute Gasteiger partial charge is 0.0801 e. The fraction of sp³-hybridized carbons (Fsp3) is 0.857. The van der Waals surface area contributed by atoms with E-state index in [0.717, 1.165) is 25.7 Å². The highest BCUT2D eigenvalue weighted by molar-refractivity contribution is 5.51. The molecule has 2 unspecified atom stereocenters. The van der Waals surface area contributed by atoms with Crippen LogP contribution in [0.3, 0.4) is 0 Å². The number of nitrogens with two attached hydrogens (primary N) is 1. The summed E-state index contributed by atoms with van der Waals surface area (Å²) in [7, 11) is 0. The average Bonchev–Trinajstić information content (AvgIpc) is 1.88. The first-order valence-corrected chi connectivity index (χ1v) is 3.74. The monoisotopic (exact) mass is 142 g/mol. The molecule has 0 radical (unpaired) electrons. The molecule has 0 aromatic carbocycles. The third-order valence-corrected chi connectivity index (χ3v) is 1.92. The minimum absolute atomic E-state index is 0.151. The quantitative estimate of drug-likeness (QED) is 0.408. The highest BCUT2D eigenvalue weighted by Crippen LogP contribution is 2.20. The van der Waals surface area contributed by atoms with Crippen LogP contribution >= 0.6 is 0 Å². The maximum atomic E-state index is 9.19. The van der Waals surface area contributed by atoms with Crippen LogP contribution in [0.5, 0.6) is 0 Å². The Hall–Kier alpha value is -0.570. The van der Waals surface area contributed by atoms with Crippen molar-refractivity contribution in [3.8, 4) is 0 Å². The molecule has 1 rings (SSSR count). The standard InChI is InChI=1S/C7H14N2O/c8-5-9-6-2-1-3-7(10)4-6/h5-7,10H,1-4H2,(H2,8,9). The molecule has 10 heavy (non-hydrogen) atoms.